The lowest BCUT2D eigenvalue weighted by atomic mass is 10.3. The summed E-state index contributed by atoms with van der Waals surface area (Å²) in [4.78, 5) is 19.7. The van der Waals surface area contributed by atoms with E-state index in [9.17, 15) is 4.79 Å². The highest BCUT2D eigenvalue weighted by atomic mass is 35.5. The molecule has 2 aromatic rings. The van der Waals surface area contributed by atoms with Gasteiger partial charge in [0, 0.05) is 11.6 Å². The van der Waals surface area contributed by atoms with Gasteiger partial charge in [0.05, 0.1) is 6.54 Å². The monoisotopic (exact) mass is 280 g/mol. The zero-order chi connectivity index (χ0) is 13.4. The first-order valence-corrected chi connectivity index (χ1v) is 6.42. The van der Waals surface area contributed by atoms with E-state index >= 15 is 0 Å². The maximum Gasteiger partial charge on any atom is 0.255 e. The minimum atomic E-state index is -0.0388. The van der Waals surface area contributed by atoms with E-state index < -0.39 is 0 Å². The summed E-state index contributed by atoms with van der Waals surface area (Å²) in [6.45, 7) is 1.99. The molecule has 0 radical (unpaired) electrons. The standard InChI is InChI=1S/C11H13ClN6O/c1-6-9(12)17-11-14-5-15-18(11)10(6)13-4-8(19)16-7-2-3-7/h5,7,13H,2-4H2,1H3,(H,16,19). The first-order chi connectivity index (χ1) is 9.15. The molecule has 2 aromatic heterocycles. The van der Waals surface area contributed by atoms with Gasteiger partial charge in [-0.15, -0.1) is 0 Å². The fourth-order valence-corrected chi connectivity index (χ4v) is 1.94. The van der Waals surface area contributed by atoms with E-state index in [0.29, 0.717) is 22.8 Å². The lowest BCUT2D eigenvalue weighted by molar-refractivity contribution is -0.119. The lowest BCUT2D eigenvalue weighted by Gasteiger charge is -2.11. The van der Waals surface area contributed by atoms with Crippen LogP contribution in [0.15, 0.2) is 6.33 Å². The van der Waals surface area contributed by atoms with Crippen molar-refractivity contribution in [3.05, 3.63) is 17.0 Å². The molecule has 0 atom stereocenters. The minimum Gasteiger partial charge on any atom is -0.361 e. The van der Waals surface area contributed by atoms with Crippen molar-refractivity contribution < 1.29 is 4.79 Å². The fraction of sp³-hybridized carbons (Fsp3) is 0.455. The van der Waals surface area contributed by atoms with Crippen molar-refractivity contribution in [1.82, 2.24) is 24.9 Å². The molecule has 1 fully saturated rings. The summed E-state index contributed by atoms with van der Waals surface area (Å²) in [5, 5.41) is 10.4. The third-order valence-corrected chi connectivity index (χ3v) is 3.33. The van der Waals surface area contributed by atoms with Gasteiger partial charge in [-0.2, -0.15) is 19.6 Å². The number of nitrogens with one attached hydrogen (secondary N) is 2. The average molecular weight is 281 g/mol. The molecule has 0 spiro atoms. The van der Waals surface area contributed by atoms with Crippen molar-refractivity contribution in [2.75, 3.05) is 11.9 Å². The van der Waals surface area contributed by atoms with Crippen LogP contribution in [0.1, 0.15) is 18.4 Å². The summed E-state index contributed by atoms with van der Waals surface area (Å²) in [7, 11) is 0. The molecule has 0 bridgehead atoms. The maximum atomic E-state index is 11.7. The number of anilines is 1. The summed E-state index contributed by atoms with van der Waals surface area (Å²) in [5.74, 6) is 1.00. The second-order valence-corrected chi connectivity index (χ2v) is 4.90. The predicted molar refractivity (Wildman–Crippen MR) is 70.2 cm³/mol. The Morgan fingerprint density at radius 3 is 3.11 bits per heavy atom. The van der Waals surface area contributed by atoms with Crippen LogP contribution in [0.5, 0.6) is 0 Å². The van der Waals surface area contributed by atoms with Crippen LogP contribution in [-0.4, -0.2) is 38.1 Å². The Balaban J connectivity index is 1.80. The summed E-state index contributed by atoms with van der Waals surface area (Å²) in [6, 6.07) is 0.350. The van der Waals surface area contributed by atoms with Gasteiger partial charge in [-0.3, -0.25) is 4.79 Å². The number of halogens is 1. The van der Waals surface area contributed by atoms with Gasteiger partial charge in [0.25, 0.3) is 5.78 Å². The molecule has 1 aliphatic rings. The quantitative estimate of drug-likeness (QED) is 0.809. The number of nitrogens with zero attached hydrogens (tertiary/aromatic N) is 4. The van der Waals surface area contributed by atoms with Crippen molar-refractivity contribution in [3.63, 3.8) is 0 Å². The molecule has 8 heteroatoms. The van der Waals surface area contributed by atoms with E-state index in [1.165, 1.54) is 10.8 Å². The van der Waals surface area contributed by atoms with E-state index in [-0.39, 0.29) is 12.5 Å². The topological polar surface area (TPSA) is 84.2 Å². The SMILES string of the molecule is Cc1c(Cl)nc2ncnn2c1NCC(=O)NC1CC1. The molecular weight excluding hydrogens is 268 g/mol. The second kappa shape index (κ2) is 4.65. The van der Waals surface area contributed by atoms with Crippen LogP contribution in [-0.2, 0) is 4.79 Å². The van der Waals surface area contributed by atoms with Crippen molar-refractivity contribution in [1.29, 1.82) is 0 Å². The van der Waals surface area contributed by atoms with Crippen LogP contribution in [0.25, 0.3) is 5.78 Å². The van der Waals surface area contributed by atoms with Gasteiger partial charge in [0.15, 0.2) is 0 Å². The zero-order valence-corrected chi connectivity index (χ0v) is 11.1. The van der Waals surface area contributed by atoms with E-state index in [4.69, 9.17) is 11.6 Å². The van der Waals surface area contributed by atoms with Gasteiger partial charge < -0.3 is 10.6 Å². The van der Waals surface area contributed by atoms with Crippen LogP contribution in [0.3, 0.4) is 0 Å². The molecule has 3 rings (SSSR count). The number of hydrogen-bond donors (Lipinski definition) is 2. The van der Waals surface area contributed by atoms with E-state index in [0.717, 1.165) is 18.4 Å². The molecule has 1 aliphatic carbocycles. The van der Waals surface area contributed by atoms with E-state index in [1.54, 1.807) is 0 Å². The van der Waals surface area contributed by atoms with Crippen LogP contribution in [0.4, 0.5) is 5.82 Å². The minimum absolute atomic E-state index is 0.0388. The van der Waals surface area contributed by atoms with Crippen molar-refractivity contribution >= 4 is 29.1 Å². The molecule has 7 nitrogen and oxygen atoms in total. The van der Waals surface area contributed by atoms with E-state index in [1.807, 2.05) is 6.92 Å². The van der Waals surface area contributed by atoms with Crippen LogP contribution >= 0.6 is 11.6 Å². The van der Waals surface area contributed by atoms with Crippen LogP contribution < -0.4 is 10.6 Å². The van der Waals surface area contributed by atoms with Gasteiger partial charge in [-0.05, 0) is 19.8 Å². The number of fused-ring (bicyclic) bond motifs is 1. The molecule has 0 aromatic carbocycles. The molecule has 0 unspecified atom stereocenters. The molecular formula is C11H13ClN6O. The Kier molecular flexibility index (Phi) is 2.98. The summed E-state index contributed by atoms with van der Waals surface area (Å²) in [5.41, 5.74) is 0.735. The first kappa shape index (κ1) is 12.2. The Bertz CT molecular complexity index is 635. The highest BCUT2D eigenvalue weighted by Crippen LogP contribution is 2.22. The molecule has 0 aliphatic heterocycles. The third-order valence-electron chi connectivity index (χ3n) is 2.96. The molecule has 1 saturated carbocycles. The smallest absolute Gasteiger partial charge is 0.255 e. The van der Waals surface area contributed by atoms with Gasteiger partial charge in [0.1, 0.15) is 17.3 Å². The number of amides is 1. The molecule has 2 N–H and O–H groups in total. The summed E-state index contributed by atoms with van der Waals surface area (Å²) >= 11 is 6.03. The molecule has 2 heterocycles. The zero-order valence-electron chi connectivity index (χ0n) is 10.4. The molecule has 0 saturated heterocycles. The van der Waals surface area contributed by atoms with Gasteiger partial charge in [-0.25, -0.2) is 0 Å². The molecule has 100 valence electrons. The highest BCUT2D eigenvalue weighted by Gasteiger charge is 2.23. The number of aromatic nitrogens is 4. The predicted octanol–water partition coefficient (Wildman–Crippen LogP) is 0.777. The first-order valence-electron chi connectivity index (χ1n) is 6.04. The Hall–Kier alpha value is -1.89. The Morgan fingerprint density at radius 1 is 1.58 bits per heavy atom. The third kappa shape index (κ3) is 2.46. The summed E-state index contributed by atoms with van der Waals surface area (Å²) in [6.07, 6.45) is 3.53. The second-order valence-electron chi connectivity index (χ2n) is 4.54. The number of rotatable bonds is 4. The average Bonchev–Trinajstić information content (AvgIpc) is 3.06. The summed E-state index contributed by atoms with van der Waals surface area (Å²) < 4.78 is 1.53. The number of carbonyl (C=O) groups is 1. The lowest BCUT2D eigenvalue weighted by Crippen LogP contribution is -2.32. The number of carbonyl (C=O) groups excluding carboxylic acids is 1. The molecule has 19 heavy (non-hydrogen) atoms. The van der Waals surface area contributed by atoms with Gasteiger partial charge >= 0.3 is 0 Å². The Morgan fingerprint density at radius 2 is 2.37 bits per heavy atom. The highest BCUT2D eigenvalue weighted by molar-refractivity contribution is 6.30. The van der Waals surface area contributed by atoms with Crippen molar-refractivity contribution in [2.45, 2.75) is 25.8 Å². The van der Waals surface area contributed by atoms with Gasteiger partial charge in [0.2, 0.25) is 5.91 Å². The van der Waals surface area contributed by atoms with Crippen molar-refractivity contribution in [2.24, 2.45) is 0 Å². The number of hydrogen-bond acceptors (Lipinski definition) is 5. The molecule has 1 amide bonds. The Labute approximate surface area is 114 Å². The van der Waals surface area contributed by atoms with Crippen LogP contribution in [0, 0.1) is 6.92 Å². The maximum absolute atomic E-state index is 11.7. The normalized spacial score (nSPS) is 14.6. The van der Waals surface area contributed by atoms with Crippen LogP contribution in [0.2, 0.25) is 5.15 Å². The fourth-order valence-electron chi connectivity index (χ4n) is 1.78. The van der Waals surface area contributed by atoms with E-state index in [2.05, 4.69) is 25.7 Å². The van der Waals surface area contributed by atoms with Crippen molar-refractivity contribution in [3.8, 4) is 0 Å². The van der Waals surface area contributed by atoms with Gasteiger partial charge in [-0.1, -0.05) is 11.6 Å². The largest absolute Gasteiger partial charge is 0.361 e.